The third-order valence-corrected chi connectivity index (χ3v) is 3.02. The Labute approximate surface area is 99.0 Å². The number of hydrogen-bond donors (Lipinski definition) is 1. The van der Waals surface area contributed by atoms with Gasteiger partial charge in [0.1, 0.15) is 22.4 Å². The Morgan fingerprint density at radius 3 is 2.80 bits per heavy atom. The summed E-state index contributed by atoms with van der Waals surface area (Å²) in [5.74, 6) is 1.35. The molecule has 0 aliphatic rings. The molecule has 0 atom stereocenters. The van der Waals surface area contributed by atoms with E-state index >= 15 is 0 Å². The van der Waals surface area contributed by atoms with Gasteiger partial charge in [-0.2, -0.15) is 0 Å². The first-order chi connectivity index (χ1) is 7.16. The van der Waals surface area contributed by atoms with Crippen molar-refractivity contribution in [1.29, 1.82) is 0 Å². The van der Waals surface area contributed by atoms with Gasteiger partial charge in [0.25, 0.3) is 0 Å². The normalized spacial score (nSPS) is 10.3. The summed E-state index contributed by atoms with van der Waals surface area (Å²) in [5.41, 5.74) is 5.69. The van der Waals surface area contributed by atoms with Crippen LogP contribution >= 0.6 is 15.9 Å². The highest BCUT2D eigenvalue weighted by Crippen LogP contribution is 2.26. The topological polar surface area (TPSA) is 55.0 Å². The molecule has 0 saturated carbocycles. The van der Waals surface area contributed by atoms with Gasteiger partial charge in [0.2, 0.25) is 0 Å². The van der Waals surface area contributed by atoms with Gasteiger partial charge in [-0.25, -0.2) is 9.97 Å². The number of rotatable bonds is 5. The highest BCUT2D eigenvalue weighted by molar-refractivity contribution is 9.10. The van der Waals surface area contributed by atoms with Crippen molar-refractivity contribution in [2.24, 2.45) is 0 Å². The Morgan fingerprint density at radius 2 is 2.13 bits per heavy atom. The molecule has 1 aromatic rings. The van der Waals surface area contributed by atoms with E-state index in [0.717, 1.165) is 16.8 Å². The molecule has 0 spiro atoms. The third kappa shape index (κ3) is 3.34. The van der Waals surface area contributed by atoms with Crippen molar-refractivity contribution < 1.29 is 0 Å². The number of nitrogen functional groups attached to an aromatic ring is 1. The molecule has 1 aromatic heterocycles. The molecule has 2 N–H and O–H groups in total. The number of unbranched alkanes of at least 4 members (excludes halogenated alkanes) is 2. The maximum absolute atomic E-state index is 5.69. The van der Waals surface area contributed by atoms with E-state index in [2.05, 4.69) is 37.7 Å². The zero-order valence-corrected chi connectivity index (χ0v) is 10.8. The summed E-state index contributed by atoms with van der Waals surface area (Å²) in [6.07, 6.45) is 5.12. The fourth-order valence-corrected chi connectivity index (χ4v) is 1.85. The largest absolute Gasteiger partial charge is 0.383 e. The lowest BCUT2D eigenvalue weighted by Gasteiger charge is -2.19. The molecule has 0 radical (unpaired) electrons. The quantitative estimate of drug-likeness (QED) is 0.837. The molecule has 0 bridgehead atoms. The van der Waals surface area contributed by atoms with Crippen LogP contribution in [-0.2, 0) is 0 Å². The van der Waals surface area contributed by atoms with Crippen LogP contribution < -0.4 is 10.6 Å². The van der Waals surface area contributed by atoms with Crippen molar-refractivity contribution in [3.05, 3.63) is 10.8 Å². The lowest BCUT2D eigenvalue weighted by Crippen LogP contribution is -2.20. The summed E-state index contributed by atoms with van der Waals surface area (Å²) in [7, 11) is 2.02. The fraction of sp³-hybridized carbons (Fsp3) is 0.600. The predicted molar refractivity (Wildman–Crippen MR) is 66.9 cm³/mol. The van der Waals surface area contributed by atoms with E-state index in [0.29, 0.717) is 5.82 Å². The lowest BCUT2D eigenvalue weighted by atomic mass is 10.2. The van der Waals surface area contributed by atoms with Gasteiger partial charge in [0.15, 0.2) is 0 Å². The van der Waals surface area contributed by atoms with Gasteiger partial charge < -0.3 is 10.6 Å². The van der Waals surface area contributed by atoms with Crippen LogP contribution in [0.4, 0.5) is 11.6 Å². The van der Waals surface area contributed by atoms with Crippen LogP contribution in [0.3, 0.4) is 0 Å². The molecule has 0 saturated heterocycles. The van der Waals surface area contributed by atoms with Crippen LogP contribution in [0, 0.1) is 0 Å². The van der Waals surface area contributed by atoms with Gasteiger partial charge in [-0.05, 0) is 22.4 Å². The van der Waals surface area contributed by atoms with Gasteiger partial charge in [-0.15, -0.1) is 0 Å². The van der Waals surface area contributed by atoms with Crippen molar-refractivity contribution in [2.75, 3.05) is 24.2 Å². The second-order valence-electron chi connectivity index (χ2n) is 3.53. The molecule has 1 heterocycles. The highest BCUT2D eigenvalue weighted by Gasteiger charge is 2.09. The van der Waals surface area contributed by atoms with Crippen molar-refractivity contribution in [1.82, 2.24) is 9.97 Å². The summed E-state index contributed by atoms with van der Waals surface area (Å²) in [6.45, 7) is 3.18. The minimum absolute atomic E-state index is 0.488. The number of aromatic nitrogens is 2. The molecule has 0 aliphatic carbocycles. The molecule has 15 heavy (non-hydrogen) atoms. The molecule has 0 unspecified atom stereocenters. The zero-order valence-electron chi connectivity index (χ0n) is 9.20. The maximum atomic E-state index is 5.69. The Hall–Kier alpha value is -0.840. The average molecular weight is 273 g/mol. The van der Waals surface area contributed by atoms with E-state index < -0.39 is 0 Å². The van der Waals surface area contributed by atoms with E-state index in [1.807, 2.05) is 7.05 Å². The summed E-state index contributed by atoms with van der Waals surface area (Å²) < 4.78 is 0.781. The molecule has 0 amide bonds. The first kappa shape index (κ1) is 12.2. The van der Waals surface area contributed by atoms with Crippen LogP contribution in [-0.4, -0.2) is 23.6 Å². The van der Waals surface area contributed by atoms with Crippen LogP contribution in [0.15, 0.2) is 10.8 Å². The predicted octanol–water partition coefficient (Wildman–Crippen LogP) is 2.45. The number of anilines is 2. The molecule has 5 heteroatoms. The molecular weight excluding hydrogens is 256 g/mol. The second kappa shape index (κ2) is 5.90. The minimum Gasteiger partial charge on any atom is -0.383 e. The summed E-state index contributed by atoms with van der Waals surface area (Å²) in [5, 5.41) is 0. The number of nitrogens with zero attached hydrogens (tertiary/aromatic N) is 3. The van der Waals surface area contributed by atoms with Crippen LogP contribution in [0.25, 0.3) is 0 Å². The number of nitrogens with two attached hydrogens (primary N) is 1. The first-order valence-electron chi connectivity index (χ1n) is 5.14. The summed E-state index contributed by atoms with van der Waals surface area (Å²) in [6, 6.07) is 0. The van der Waals surface area contributed by atoms with Crippen molar-refractivity contribution in [3.8, 4) is 0 Å². The van der Waals surface area contributed by atoms with E-state index in [-0.39, 0.29) is 0 Å². The van der Waals surface area contributed by atoms with Gasteiger partial charge in [0, 0.05) is 13.6 Å². The molecular formula is C10H17BrN4. The van der Waals surface area contributed by atoms with Gasteiger partial charge in [-0.1, -0.05) is 19.8 Å². The standard InChI is InChI=1S/C10H17BrN4/c1-3-4-5-6-15(2)10-8(11)9(12)13-7-14-10/h7H,3-6H2,1-2H3,(H2,12,13,14). The molecule has 4 nitrogen and oxygen atoms in total. The molecule has 0 aromatic carbocycles. The molecule has 1 rings (SSSR count). The lowest BCUT2D eigenvalue weighted by molar-refractivity contribution is 0.700. The monoisotopic (exact) mass is 272 g/mol. The Bertz CT molecular complexity index is 316. The van der Waals surface area contributed by atoms with Crippen LogP contribution in [0.2, 0.25) is 0 Å². The summed E-state index contributed by atoms with van der Waals surface area (Å²) >= 11 is 3.40. The van der Waals surface area contributed by atoms with Crippen molar-refractivity contribution in [3.63, 3.8) is 0 Å². The summed E-state index contributed by atoms with van der Waals surface area (Å²) in [4.78, 5) is 10.2. The molecule has 84 valence electrons. The average Bonchev–Trinajstić information content (AvgIpc) is 2.22. The van der Waals surface area contributed by atoms with Gasteiger partial charge in [0.05, 0.1) is 0 Å². The van der Waals surface area contributed by atoms with E-state index in [4.69, 9.17) is 5.73 Å². The van der Waals surface area contributed by atoms with Crippen molar-refractivity contribution >= 4 is 27.6 Å². The fourth-order valence-electron chi connectivity index (χ4n) is 1.34. The number of hydrogen-bond acceptors (Lipinski definition) is 4. The Kier molecular flexibility index (Phi) is 4.81. The third-order valence-electron chi connectivity index (χ3n) is 2.26. The van der Waals surface area contributed by atoms with E-state index in [9.17, 15) is 0 Å². The van der Waals surface area contributed by atoms with Gasteiger partial charge in [-0.3, -0.25) is 0 Å². The van der Waals surface area contributed by atoms with Gasteiger partial charge >= 0.3 is 0 Å². The minimum atomic E-state index is 0.488. The van der Waals surface area contributed by atoms with Crippen LogP contribution in [0.5, 0.6) is 0 Å². The number of halogens is 1. The second-order valence-corrected chi connectivity index (χ2v) is 4.32. The molecule has 0 aliphatic heterocycles. The van der Waals surface area contributed by atoms with Crippen molar-refractivity contribution in [2.45, 2.75) is 26.2 Å². The van der Waals surface area contributed by atoms with Crippen LogP contribution in [0.1, 0.15) is 26.2 Å². The highest BCUT2D eigenvalue weighted by atomic mass is 79.9. The Balaban J connectivity index is 2.65. The SMILES string of the molecule is CCCCCN(C)c1ncnc(N)c1Br. The zero-order chi connectivity index (χ0) is 11.3. The maximum Gasteiger partial charge on any atom is 0.148 e. The molecule has 0 fully saturated rings. The van der Waals surface area contributed by atoms with E-state index in [1.165, 1.54) is 25.6 Å². The first-order valence-corrected chi connectivity index (χ1v) is 5.93. The van der Waals surface area contributed by atoms with E-state index in [1.54, 1.807) is 0 Å². The smallest absolute Gasteiger partial charge is 0.148 e. The Morgan fingerprint density at radius 1 is 1.40 bits per heavy atom.